The Labute approximate surface area is 243 Å². The van der Waals surface area contributed by atoms with Gasteiger partial charge in [-0.05, 0) is 115 Å². The van der Waals surface area contributed by atoms with E-state index < -0.39 is 15.1 Å². The van der Waals surface area contributed by atoms with Crippen molar-refractivity contribution in [3.8, 4) is 5.75 Å². The van der Waals surface area contributed by atoms with Crippen LogP contribution in [0.4, 0.5) is 22.9 Å². The van der Waals surface area contributed by atoms with Crippen molar-refractivity contribution in [2.75, 3.05) is 30.8 Å². The number of para-hydroxylation sites is 1. The standard InChI is InChI=1S/C32H41N5O3S/c1-20(2)40-29-18-25(23-12-15-37(6)16-13-23)22(5)17-28(29)34-27-19-31(36-32-24(27)11-14-33-32)35-26-9-7-8-10-30(26)41(38,39)21(3)4/h7-11,14,17-21,23H,12-13,15-16H2,1-6H3,(H3,33,34,35,36). The maximum Gasteiger partial charge on any atom is 0.182 e. The molecule has 5 rings (SSSR count). The van der Waals surface area contributed by atoms with E-state index in [9.17, 15) is 8.42 Å². The molecule has 4 aromatic rings. The zero-order valence-electron chi connectivity index (χ0n) is 24.8. The quantitative estimate of drug-likeness (QED) is 0.195. The van der Waals surface area contributed by atoms with Crippen molar-refractivity contribution in [1.82, 2.24) is 14.9 Å². The summed E-state index contributed by atoms with van der Waals surface area (Å²) < 4.78 is 32.4. The Balaban J connectivity index is 1.52. The minimum absolute atomic E-state index is 0.0185. The Bertz CT molecular complexity index is 1640. The first-order valence-corrected chi connectivity index (χ1v) is 15.9. The molecule has 9 heteroatoms. The van der Waals surface area contributed by atoms with Gasteiger partial charge in [0.1, 0.15) is 17.2 Å². The van der Waals surface area contributed by atoms with Crippen molar-refractivity contribution in [1.29, 1.82) is 0 Å². The molecule has 218 valence electrons. The molecule has 1 aliphatic rings. The van der Waals surface area contributed by atoms with Gasteiger partial charge in [0, 0.05) is 17.6 Å². The molecule has 1 fully saturated rings. The predicted octanol–water partition coefficient (Wildman–Crippen LogP) is 7.14. The van der Waals surface area contributed by atoms with E-state index >= 15 is 0 Å². The molecule has 3 N–H and O–H groups in total. The number of pyridine rings is 1. The van der Waals surface area contributed by atoms with Crippen LogP contribution in [0.15, 0.2) is 59.6 Å². The molecule has 2 aromatic heterocycles. The molecule has 3 heterocycles. The molecule has 0 atom stereocenters. The molecule has 0 unspecified atom stereocenters. The number of ether oxygens (including phenoxy) is 1. The van der Waals surface area contributed by atoms with E-state index in [1.807, 2.05) is 38.2 Å². The first kappa shape index (κ1) is 29.0. The monoisotopic (exact) mass is 575 g/mol. The predicted molar refractivity (Wildman–Crippen MR) is 168 cm³/mol. The third-order valence-electron chi connectivity index (χ3n) is 7.76. The summed E-state index contributed by atoms with van der Waals surface area (Å²) in [4.78, 5) is 10.6. The topological polar surface area (TPSA) is 99.3 Å². The van der Waals surface area contributed by atoms with Crippen molar-refractivity contribution in [2.24, 2.45) is 0 Å². The van der Waals surface area contributed by atoms with Gasteiger partial charge in [-0.3, -0.25) is 0 Å². The van der Waals surface area contributed by atoms with Crippen LogP contribution in [-0.4, -0.2) is 54.8 Å². The molecule has 2 aromatic carbocycles. The minimum atomic E-state index is -3.49. The highest BCUT2D eigenvalue weighted by Gasteiger charge is 2.24. The number of nitrogens with one attached hydrogen (secondary N) is 3. The van der Waals surface area contributed by atoms with Crippen LogP contribution >= 0.6 is 0 Å². The smallest absolute Gasteiger partial charge is 0.182 e. The number of sulfone groups is 1. The third-order valence-corrected chi connectivity index (χ3v) is 9.97. The lowest BCUT2D eigenvalue weighted by molar-refractivity contribution is 0.241. The van der Waals surface area contributed by atoms with Gasteiger partial charge in [0.05, 0.1) is 33.3 Å². The maximum absolute atomic E-state index is 13.0. The Morgan fingerprint density at radius 3 is 2.41 bits per heavy atom. The largest absolute Gasteiger partial charge is 0.489 e. The van der Waals surface area contributed by atoms with E-state index in [1.54, 1.807) is 32.0 Å². The molecule has 0 amide bonds. The number of nitrogens with zero attached hydrogens (tertiary/aromatic N) is 2. The van der Waals surface area contributed by atoms with Gasteiger partial charge in [-0.25, -0.2) is 13.4 Å². The van der Waals surface area contributed by atoms with Crippen LogP contribution in [0.2, 0.25) is 0 Å². The molecule has 0 aliphatic carbocycles. The number of likely N-dealkylation sites (tertiary alicyclic amines) is 1. The maximum atomic E-state index is 13.0. The Morgan fingerprint density at radius 2 is 1.71 bits per heavy atom. The van der Waals surface area contributed by atoms with Gasteiger partial charge in [-0.2, -0.15) is 0 Å². The fourth-order valence-corrected chi connectivity index (χ4v) is 6.67. The molecule has 41 heavy (non-hydrogen) atoms. The van der Waals surface area contributed by atoms with E-state index in [4.69, 9.17) is 9.72 Å². The van der Waals surface area contributed by atoms with E-state index in [-0.39, 0.29) is 11.0 Å². The summed E-state index contributed by atoms with van der Waals surface area (Å²) in [5.41, 5.74) is 5.49. The number of aromatic nitrogens is 2. The first-order valence-electron chi connectivity index (χ1n) is 14.4. The second kappa shape index (κ2) is 11.7. The highest BCUT2D eigenvalue weighted by molar-refractivity contribution is 7.92. The van der Waals surface area contributed by atoms with Crippen LogP contribution in [0.1, 0.15) is 57.6 Å². The van der Waals surface area contributed by atoms with Gasteiger partial charge in [0.15, 0.2) is 9.84 Å². The molecule has 1 aliphatic heterocycles. The van der Waals surface area contributed by atoms with Gasteiger partial charge in [0.2, 0.25) is 0 Å². The number of aromatic amines is 1. The summed E-state index contributed by atoms with van der Waals surface area (Å²) in [6.07, 6.45) is 4.15. The average molecular weight is 576 g/mol. The number of aryl methyl sites for hydroxylation is 1. The third kappa shape index (κ3) is 6.21. The lowest BCUT2D eigenvalue weighted by Gasteiger charge is -2.31. The van der Waals surface area contributed by atoms with E-state index in [0.29, 0.717) is 23.1 Å². The number of benzene rings is 2. The molecule has 0 bridgehead atoms. The average Bonchev–Trinajstić information content (AvgIpc) is 3.40. The number of anilines is 4. The zero-order valence-corrected chi connectivity index (χ0v) is 25.6. The van der Waals surface area contributed by atoms with Gasteiger partial charge < -0.3 is 25.3 Å². The van der Waals surface area contributed by atoms with Gasteiger partial charge in [-0.15, -0.1) is 0 Å². The molecule has 0 radical (unpaired) electrons. The summed E-state index contributed by atoms with van der Waals surface area (Å²) in [6, 6.07) is 15.2. The van der Waals surface area contributed by atoms with Crippen molar-refractivity contribution < 1.29 is 13.2 Å². The molecule has 0 spiro atoms. The van der Waals surface area contributed by atoms with Crippen LogP contribution in [-0.2, 0) is 9.84 Å². The molecular formula is C32H41N5O3S. The fraction of sp³-hybridized carbons (Fsp3) is 0.406. The van der Waals surface area contributed by atoms with Crippen molar-refractivity contribution >= 4 is 43.8 Å². The zero-order chi connectivity index (χ0) is 29.3. The normalized spacial score (nSPS) is 15.1. The SMILES string of the molecule is Cc1cc(Nc2cc(Nc3ccccc3S(=O)(=O)C(C)C)nc3[nH]ccc23)c(OC(C)C)cc1C1CCN(C)CC1. The second-order valence-corrected chi connectivity index (χ2v) is 14.1. The Morgan fingerprint density at radius 1 is 0.976 bits per heavy atom. The van der Waals surface area contributed by atoms with Gasteiger partial charge >= 0.3 is 0 Å². The number of hydrogen-bond acceptors (Lipinski definition) is 7. The van der Waals surface area contributed by atoms with E-state index in [2.05, 4.69) is 46.6 Å². The van der Waals surface area contributed by atoms with Crippen LogP contribution in [0, 0.1) is 6.92 Å². The van der Waals surface area contributed by atoms with Crippen molar-refractivity contribution in [3.63, 3.8) is 0 Å². The van der Waals surface area contributed by atoms with E-state index in [0.717, 1.165) is 48.4 Å². The number of piperidine rings is 1. The number of fused-ring (bicyclic) bond motifs is 1. The van der Waals surface area contributed by atoms with Crippen LogP contribution in [0.5, 0.6) is 5.75 Å². The Hall–Kier alpha value is -3.56. The van der Waals surface area contributed by atoms with Crippen molar-refractivity contribution in [3.05, 3.63) is 65.9 Å². The summed E-state index contributed by atoms with van der Waals surface area (Å²) in [5, 5.41) is 7.28. The molecular weight excluding hydrogens is 534 g/mol. The highest BCUT2D eigenvalue weighted by atomic mass is 32.2. The lowest BCUT2D eigenvalue weighted by atomic mass is 9.86. The number of rotatable bonds is 9. The summed E-state index contributed by atoms with van der Waals surface area (Å²) >= 11 is 0. The number of H-pyrrole nitrogens is 1. The van der Waals surface area contributed by atoms with E-state index in [1.165, 1.54) is 11.1 Å². The first-order chi connectivity index (χ1) is 19.5. The highest BCUT2D eigenvalue weighted by Crippen LogP contribution is 2.39. The van der Waals surface area contributed by atoms with Crippen LogP contribution in [0.3, 0.4) is 0 Å². The molecule has 1 saturated heterocycles. The fourth-order valence-electron chi connectivity index (χ4n) is 5.47. The minimum Gasteiger partial charge on any atom is -0.489 e. The van der Waals surface area contributed by atoms with Crippen LogP contribution in [0.25, 0.3) is 11.0 Å². The van der Waals surface area contributed by atoms with Crippen LogP contribution < -0.4 is 15.4 Å². The second-order valence-electron chi connectivity index (χ2n) is 11.6. The molecule has 8 nitrogen and oxygen atoms in total. The summed E-state index contributed by atoms with van der Waals surface area (Å²) in [6.45, 7) is 11.8. The van der Waals surface area contributed by atoms with Gasteiger partial charge in [-0.1, -0.05) is 12.1 Å². The number of hydrogen-bond donors (Lipinski definition) is 3. The Kier molecular flexibility index (Phi) is 8.29. The summed E-state index contributed by atoms with van der Waals surface area (Å²) in [7, 11) is -1.30. The molecule has 0 saturated carbocycles. The van der Waals surface area contributed by atoms with Crippen molar-refractivity contribution in [2.45, 2.75) is 69.6 Å². The lowest BCUT2D eigenvalue weighted by Crippen LogP contribution is -2.29. The summed E-state index contributed by atoms with van der Waals surface area (Å²) in [5.74, 6) is 1.87. The van der Waals surface area contributed by atoms with Gasteiger partial charge in [0.25, 0.3) is 0 Å².